The van der Waals surface area contributed by atoms with Gasteiger partial charge in [-0.15, -0.1) is 0 Å². The van der Waals surface area contributed by atoms with Crippen LogP contribution in [0.3, 0.4) is 0 Å². The molecule has 0 fully saturated rings. The number of amides is 1. The highest BCUT2D eigenvalue weighted by Crippen LogP contribution is 2.24. The largest absolute Gasteiger partial charge is 0.465 e. The molecule has 1 atom stereocenters. The summed E-state index contributed by atoms with van der Waals surface area (Å²) < 4.78 is 10.3. The van der Waals surface area contributed by atoms with Gasteiger partial charge < -0.3 is 9.47 Å². The van der Waals surface area contributed by atoms with Gasteiger partial charge in [0.2, 0.25) is 0 Å². The van der Waals surface area contributed by atoms with E-state index in [0.717, 1.165) is 16.9 Å². The lowest BCUT2D eigenvalue weighted by atomic mass is 10.2. The Morgan fingerprint density at radius 1 is 1.38 bits per heavy atom. The van der Waals surface area contributed by atoms with Gasteiger partial charge in [0, 0.05) is 0 Å². The fourth-order valence-corrected chi connectivity index (χ4v) is 2.88. The van der Waals surface area contributed by atoms with Crippen molar-refractivity contribution in [1.29, 1.82) is 0 Å². The van der Waals surface area contributed by atoms with Crippen LogP contribution in [0.15, 0.2) is 24.3 Å². The summed E-state index contributed by atoms with van der Waals surface area (Å²) in [5, 5.41) is 2.80. The number of hydrogen-bond donors (Lipinski definition) is 1. The Morgan fingerprint density at radius 3 is 2.79 bits per heavy atom. The van der Waals surface area contributed by atoms with E-state index in [1.807, 2.05) is 19.1 Å². The molecule has 0 bridgehead atoms. The van der Waals surface area contributed by atoms with Gasteiger partial charge in [-0.05, 0) is 38.5 Å². The lowest BCUT2D eigenvalue weighted by Gasteiger charge is -2.12. The van der Waals surface area contributed by atoms with Crippen LogP contribution >= 0.6 is 22.9 Å². The number of nitrogens with one attached hydrogen (secondary N) is 1. The van der Waals surface area contributed by atoms with Crippen molar-refractivity contribution in [3.8, 4) is 5.75 Å². The van der Waals surface area contributed by atoms with Gasteiger partial charge in [0.15, 0.2) is 5.13 Å². The highest BCUT2D eigenvalue weighted by Gasteiger charge is 2.21. The SMILES string of the molecule is CCOC(=O)c1sc(NC(=O)C(Cl)Oc2cccc(C)c2)nc1C. The minimum absolute atomic E-state index is 0.263. The molecule has 8 heteroatoms. The van der Waals surface area contributed by atoms with Crippen molar-refractivity contribution in [2.24, 2.45) is 0 Å². The third-order valence-electron chi connectivity index (χ3n) is 2.92. The van der Waals surface area contributed by atoms with Crippen LogP contribution in [0.4, 0.5) is 5.13 Å². The van der Waals surface area contributed by atoms with Crippen molar-refractivity contribution < 1.29 is 19.1 Å². The number of rotatable bonds is 6. The number of alkyl halides is 1. The summed E-state index contributed by atoms with van der Waals surface area (Å²) in [5.74, 6) is -0.540. The van der Waals surface area contributed by atoms with Crippen molar-refractivity contribution in [3.63, 3.8) is 0 Å². The molecular formula is C16H17ClN2O4S. The maximum atomic E-state index is 12.1. The molecule has 0 spiro atoms. The summed E-state index contributed by atoms with van der Waals surface area (Å²) in [4.78, 5) is 28.3. The average molecular weight is 369 g/mol. The first-order chi connectivity index (χ1) is 11.4. The monoisotopic (exact) mass is 368 g/mol. The van der Waals surface area contributed by atoms with E-state index in [-0.39, 0.29) is 11.7 Å². The Balaban J connectivity index is 2.01. The summed E-state index contributed by atoms with van der Waals surface area (Å²) in [5.41, 5.74) is 0.257. The third-order valence-corrected chi connectivity index (χ3v) is 4.26. The van der Waals surface area contributed by atoms with Gasteiger partial charge in [0.1, 0.15) is 10.6 Å². The molecule has 1 amide bonds. The zero-order chi connectivity index (χ0) is 17.7. The van der Waals surface area contributed by atoms with Gasteiger partial charge in [-0.3, -0.25) is 10.1 Å². The minimum Gasteiger partial charge on any atom is -0.465 e. The number of thiazole rings is 1. The Morgan fingerprint density at radius 2 is 2.12 bits per heavy atom. The van der Waals surface area contributed by atoms with Gasteiger partial charge in [-0.1, -0.05) is 35.1 Å². The fourth-order valence-electron chi connectivity index (χ4n) is 1.86. The van der Waals surface area contributed by atoms with E-state index in [1.54, 1.807) is 26.0 Å². The van der Waals surface area contributed by atoms with Crippen molar-refractivity contribution in [3.05, 3.63) is 40.4 Å². The summed E-state index contributed by atoms with van der Waals surface area (Å²) in [6, 6.07) is 7.20. The standard InChI is InChI=1S/C16H17ClN2O4S/c1-4-22-15(21)12-10(3)18-16(24-12)19-14(20)13(17)23-11-7-5-6-9(2)8-11/h5-8,13H,4H2,1-3H3,(H,18,19,20). The van der Waals surface area contributed by atoms with Crippen LogP contribution < -0.4 is 10.1 Å². The van der Waals surface area contributed by atoms with Crippen LogP contribution in [0.1, 0.15) is 27.9 Å². The van der Waals surface area contributed by atoms with Gasteiger partial charge >= 0.3 is 5.97 Å². The molecule has 1 N–H and O–H groups in total. The average Bonchev–Trinajstić information content (AvgIpc) is 2.88. The predicted octanol–water partition coefficient (Wildman–Crippen LogP) is 3.52. The molecule has 0 saturated heterocycles. The molecular weight excluding hydrogens is 352 g/mol. The highest BCUT2D eigenvalue weighted by atomic mass is 35.5. The normalized spacial score (nSPS) is 11.7. The van der Waals surface area contributed by atoms with Crippen LogP contribution in [0.5, 0.6) is 5.75 Å². The number of anilines is 1. The number of hydrogen-bond acceptors (Lipinski definition) is 6. The van der Waals surface area contributed by atoms with Crippen LogP contribution in [-0.4, -0.2) is 29.0 Å². The first-order valence-corrected chi connectivity index (χ1v) is 8.48. The van der Waals surface area contributed by atoms with E-state index in [0.29, 0.717) is 16.3 Å². The van der Waals surface area contributed by atoms with Crippen molar-refractivity contribution >= 4 is 39.9 Å². The van der Waals surface area contributed by atoms with E-state index in [9.17, 15) is 9.59 Å². The fraction of sp³-hybridized carbons (Fsp3) is 0.312. The van der Waals surface area contributed by atoms with Crippen LogP contribution in [0, 0.1) is 13.8 Å². The number of carbonyl (C=O) groups is 2. The van der Waals surface area contributed by atoms with E-state index in [2.05, 4.69) is 10.3 Å². The third kappa shape index (κ3) is 4.69. The zero-order valence-corrected chi connectivity index (χ0v) is 15.0. The molecule has 0 radical (unpaired) electrons. The summed E-state index contributed by atoms with van der Waals surface area (Å²) >= 11 is 7.01. The quantitative estimate of drug-likeness (QED) is 0.623. The molecule has 1 aromatic heterocycles. The number of halogens is 1. The summed E-state index contributed by atoms with van der Waals surface area (Å²) in [7, 11) is 0. The molecule has 1 heterocycles. The predicted molar refractivity (Wildman–Crippen MR) is 92.9 cm³/mol. The van der Waals surface area contributed by atoms with Gasteiger partial charge in [-0.2, -0.15) is 0 Å². The first-order valence-electron chi connectivity index (χ1n) is 7.23. The maximum absolute atomic E-state index is 12.1. The van der Waals surface area contributed by atoms with Gasteiger partial charge in [-0.25, -0.2) is 9.78 Å². The second-order valence-electron chi connectivity index (χ2n) is 4.89. The van der Waals surface area contributed by atoms with E-state index < -0.39 is 17.4 Å². The van der Waals surface area contributed by atoms with E-state index in [1.165, 1.54) is 0 Å². The summed E-state index contributed by atoms with van der Waals surface area (Å²) in [6.07, 6.45) is 0. The van der Waals surface area contributed by atoms with Crippen molar-refractivity contribution in [2.75, 3.05) is 11.9 Å². The Bertz CT molecular complexity index is 747. The first kappa shape index (κ1) is 18.2. The molecule has 6 nitrogen and oxygen atoms in total. The number of carbonyl (C=O) groups excluding carboxylic acids is 2. The van der Waals surface area contributed by atoms with E-state index in [4.69, 9.17) is 21.1 Å². The number of nitrogens with zero attached hydrogens (tertiary/aromatic N) is 1. The lowest BCUT2D eigenvalue weighted by molar-refractivity contribution is -0.119. The molecule has 1 unspecified atom stereocenters. The Labute approximate surface area is 148 Å². The van der Waals surface area contributed by atoms with Crippen LogP contribution in [-0.2, 0) is 9.53 Å². The van der Waals surface area contributed by atoms with Crippen LogP contribution in [0.25, 0.3) is 0 Å². The van der Waals surface area contributed by atoms with Crippen LogP contribution in [0.2, 0.25) is 0 Å². The number of aryl methyl sites for hydroxylation is 2. The number of benzene rings is 1. The molecule has 0 saturated carbocycles. The minimum atomic E-state index is -1.22. The van der Waals surface area contributed by atoms with E-state index >= 15 is 0 Å². The maximum Gasteiger partial charge on any atom is 0.350 e. The molecule has 0 aliphatic heterocycles. The number of esters is 1. The number of aromatic nitrogens is 1. The van der Waals surface area contributed by atoms with Gasteiger partial charge in [0.05, 0.1) is 12.3 Å². The molecule has 0 aliphatic carbocycles. The van der Waals surface area contributed by atoms with Crippen molar-refractivity contribution in [2.45, 2.75) is 26.3 Å². The topological polar surface area (TPSA) is 77.5 Å². The number of ether oxygens (including phenoxy) is 2. The molecule has 128 valence electrons. The van der Waals surface area contributed by atoms with Gasteiger partial charge in [0.25, 0.3) is 11.5 Å². The van der Waals surface area contributed by atoms with Crippen molar-refractivity contribution in [1.82, 2.24) is 4.98 Å². The molecule has 2 rings (SSSR count). The Kier molecular flexibility index (Phi) is 6.16. The zero-order valence-electron chi connectivity index (χ0n) is 13.5. The lowest BCUT2D eigenvalue weighted by Crippen LogP contribution is -2.28. The summed E-state index contributed by atoms with van der Waals surface area (Å²) in [6.45, 7) is 5.56. The Hall–Kier alpha value is -2.12. The molecule has 1 aromatic carbocycles. The highest BCUT2D eigenvalue weighted by molar-refractivity contribution is 7.17. The smallest absolute Gasteiger partial charge is 0.350 e. The second kappa shape index (κ2) is 8.12. The molecule has 0 aliphatic rings. The molecule has 24 heavy (non-hydrogen) atoms. The molecule has 2 aromatic rings. The second-order valence-corrected chi connectivity index (χ2v) is 6.29.